The molecule has 3 saturated carbocycles. The standard InChI is InChI=1S/C22H31F5O/c1-13-4-5-14-6-7-15-16(18(14,2)12-13)8-10-19(3)17(15)9-11-20(19,28)21(23,24)22(25,26)27/h4,14-17,28H,5-12H2,1-3H3/t14?,15-,16-,17+,18+,19+,20?/m1/s1. The zero-order valence-corrected chi connectivity index (χ0v) is 16.9. The number of alkyl halides is 5. The number of fused-ring (bicyclic) bond motifs is 5. The van der Waals surface area contributed by atoms with Crippen molar-refractivity contribution in [2.75, 3.05) is 0 Å². The van der Waals surface area contributed by atoms with Gasteiger partial charge >= 0.3 is 12.1 Å². The Balaban J connectivity index is 1.69. The average Bonchev–Trinajstić information content (AvgIpc) is 2.86. The molecule has 4 rings (SSSR count). The van der Waals surface area contributed by atoms with E-state index in [0.29, 0.717) is 18.3 Å². The van der Waals surface area contributed by atoms with Crippen molar-refractivity contribution in [3.63, 3.8) is 0 Å². The molecule has 0 aromatic rings. The largest absolute Gasteiger partial charge is 0.456 e. The number of allylic oxidation sites excluding steroid dienone is 2. The van der Waals surface area contributed by atoms with E-state index in [0.717, 1.165) is 25.7 Å². The van der Waals surface area contributed by atoms with Crippen molar-refractivity contribution < 1.29 is 27.1 Å². The highest BCUT2D eigenvalue weighted by Crippen LogP contribution is 2.71. The molecule has 0 aromatic heterocycles. The molecule has 0 radical (unpaired) electrons. The summed E-state index contributed by atoms with van der Waals surface area (Å²) in [6.07, 6.45) is 1.16. The topological polar surface area (TPSA) is 20.2 Å². The Labute approximate surface area is 163 Å². The van der Waals surface area contributed by atoms with Crippen molar-refractivity contribution in [2.24, 2.45) is 34.5 Å². The Hall–Kier alpha value is -0.650. The van der Waals surface area contributed by atoms with Crippen LogP contribution in [0.2, 0.25) is 0 Å². The fraction of sp³-hybridized carbons (Fsp3) is 0.909. The minimum absolute atomic E-state index is 0.0936. The van der Waals surface area contributed by atoms with Crippen LogP contribution in [0, 0.1) is 34.5 Å². The number of hydrogen-bond acceptors (Lipinski definition) is 1. The number of halogens is 5. The molecule has 4 aliphatic carbocycles. The van der Waals surface area contributed by atoms with Gasteiger partial charge < -0.3 is 5.11 Å². The van der Waals surface area contributed by atoms with E-state index in [1.165, 1.54) is 12.5 Å². The van der Waals surface area contributed by atoms with E-state index in [1.807, 2.05) is 0 Å². The Morgan fingerprint density at radius 1 is 0.964 bits per heavy atom. The van der Waals surface area contributed by atoms with E-state index >= 15 is 0 Å². The molecule has 1 N–H and O–H groups in total. The van der Waals surface area contributed by atoms with E-state index in [4.69, 9.17) is 0 Å². The van der Waals surface area contributed by atoms with Crippen LogP contribution in [0.5, 0.6) is 0 Å². The number of hydrogen-bond donors (Lipinski definition) is 1. The molecular weight excluding hydrogens is 375 g/mol. The minimum atomic E-state index is -5.73. The van der Waals surface area contributed by atoms with Gasteiger partial charge in [0.05, 0.1) is 0 Å². The molecule has 4 aliphatic rings. The molecule has 28 heavy (non-hydrogen) atoms. The third-order valence-electron chi connectivity index (χ3n) is 9.50. The van der Waals surface area contributed by atoms with E-state index in [1.54, 1.807) is 0 Å². The Morgan fingerprint density at radius 2 is 1.61 bits per heavy atom. The SMILES string of the molecule is CC1=CCC2CC[C@@H]3[C@@H](CC[C@@]4(C)[C@H]3CCC4(O)C(F)(F)C(F)(F)F)[C@@]2(C)C1. The minimum Gasteiger partial charge on any atom is -0.383 e. The highest BCUT2D eigenvalue weighted by atomic mass is 19.4. The number of aliphatic hydroxyl groups is 1. The van der Waals surface area contributed by atoms with E-state index < -0.39 is 29.5 Å². The lowest BCUT2D eigenvalue weighted by molar-refractivity contribution is -0.364. The predicted molar refractivity (Wildman–Crippen MR) is 96.8 cm³/mol. The van der Waals surface area contributed by atoms with E-state index in [2.05, 4.69) is 19.9 Å². The van der Waals surface area contributed by atoms with Gasteiger partial charge in [-0.2, -0.15) is 22.0 Å². The maximum atomic E-state index is 14.5. The first-order valence-electron chi connectivity index (χ1n) is 10.6. The van der Waals surface area contributed by atoms with Gasteiger partial charge in [0.15, 0.2) is 0 Å². The summed E-state index contributed by atoms with van der Waals surface area (Å²) >= 11 is 0. The van der Waals surface area contributed by atoms with Crippen LogP contribution in [0.4, 0.5) is 22.0 Å². The average molecular weight is 406 g/mol. The fourth-order valence-corrected chi connectivity index (χ4v) is 7.98. The lowest BCUT2D eigenvalue weighted by Gasteiger charge is -2.61. The highest BCUT2D eigenvalue weighted by Gasteiger charge is 2.79. The second-order valence-corrected chi connectivity index (χ2v) is 10.5. The molecule has 0 aliphatic heterocycles. The second kappa shape index (κ2) is 5.95. The fourth-order valence-electron chi connectivity index (χ4n) is 7.98. The lowest BCUT2D eigenvalue weighted by atomic mass is 9.44. The quantitative estimate of drug-likeness (QED) is 0.389. The molecule has 6 heteroatoms. The maximum Gasteiger partial charge on any atom is 0.456 e. The molecule has 3 fully saturated rings. The van der Waals surface area contributed by atoms with Crippen molar-refractivity contribution in [3.8, 4) is 0 Å². The summed E-state index contributed by atoms with van der Waals surface area (Å²) < 4.78 is 68.6. The van der Waals surface area contributed by atoms with Gasteiger partial charge in [-0.3, -0.25) is 0 Å². The van der Waals surface area contributed by atoms with Crippen LogP contribution in [0.1, 0.15) is 72.1 Å². The Morgan fingerprint density at radius 3 is 2.25 bits per heavy atom. The highest BCUT2D eigenvalue weighted by molar-refractivity contribution is 5.21. The van der Waals surface area contributed by atoms with Crippen LogP contribution in [-0.2, 0) is 0 Å². The molecule has 0 amide bonds. The molecule has 0 spiro atoms. The third-order valence-corrected chi connectivity index (χ3v) is 9.50. The van der Waals surface area contributed by atoms with Crippen LogP contribution in [-0.4, -0.2) is 22.8 Å². The summed E-state index contributed by atoms with van der Waals surface area (Å²) in [5.74, 6) is -4.31. The third kappa shape index (κ3) is 2.39. The maximum absolute atomic E-state index is 14.5. The molecule has 7 atom stereocenters. The van der Waals surface area contributed by atoms with Crippen molar-refractivity contribution in [1.82, 2.24) is 0 Å². The molecule has 0 aromatic carbocycles. The van der Waals surface area contributed by atoms with Crippen LogP contribution in [0.15, 0.2) is 11.6 Å². The summed E-state index contributed by atoms with van der Waals surface area (Å²) in [6, 6.07) is 0. The van der Waals surface area contributed by atoms with Crippen LogP contribution in [0.25, 0.3) is 0 Å². The molecule has 0 heterocycles. The van der Waals surface area contributed by atoms with Crippen LogP contribution < -0.4 is 0 Å². The van der Waals surface area contributed by atoms with Crippen molar-refractivity contribution in [3.05, 3.63) is 11.6 Å². The van der Waals surface area contributed by atoms with Crippen LogP contribution >= 0.6 is 0 Å². The summed E-state index contributed by atoms with van der Waals surface area (Å²) in [5.41, 5.74) is -2.94. The van der Waals surface area contributed by atoms with E-state index in [9.17, 15) is 27.1 Å². The summed E-state index contributed by atoms with van der Waals surface area (Å²) in [6.45, 7) is 5.94. The van der Waals surface area contributed by atoms with Gasteiger partial charge in [0.2, 0.25) is 0 Å². The molecular formula is C22H31F5O. The molecule has 160 valence electrons. The van der Waals surface area contributed by atoms with Gasteiger partial charge in [0, 0.05) is 5.41 Å². The van der Waals surface area contributed by atoms with Crippen molar-refractivity contribution in [1.29, 1.82) is 0 Å². The van der Waals surface area contributed by atoms with Gasteiger partial charge in [-0.25, -0.2) is 0 Å². The van der Waals surface area contributed by atoms with E-state index in [-0.39, 0.29) is 30.1 Å². The first kappa shape index (κ1) is 20.6. The van der Waals surface area contributed by atoms with Crippen LogP contribution in [0.3, 0.4) is 0 Å². The zero-order chi connectivity index (χ0) is 20.8. The molecule has 0 bridgehead atoms. The van der Waals surface area contributed by atoms with Gasteiger partial charge in [0.1, 0.15) is 5.60 Å². The summed E-state index contributed by atoms with van der Waals surface area (Å²) in [4.78, 5) is 0. The lowest BCUT2D eigenvalue weighted by Crippen LogP contribution is -2.65. The van der Waals surface area contributed by atoms with Gasteiger partial charge in [-0.05, 0) is 87.4 Å². The first-order valence-corrected chi connectivity index (χ1v) is 10.6. The zero-order valence-electron chi connectivity index (χ0n) is 16.9. The monoisotopic (exact) mass is 406 g/mol. The Bertz CT molecular complexity index is 685. The first-order chi connectivity index (χ1) is 12.8. The van der Waals surface area contributed by atoms with Gasteiger partial charge in [0.25, 0.3) is 0 Å². The Kier molecular flexibility index (Phi) is 4.38. The summed E-state index contributed by atoms with van der Waals surface area (Å²) in [7, 11) is 0. The molecule has 0 saturated heterocycles. The summed E-state index contributed by atoms with van der Waals surface area (Å²) in [5, 5.41) is 10.9. The van der Waals surface area contributed by atoms with Gasteiger partial charge in [-0.1, -0.05) is 25.5 Å². The molecule has 2 unspecified atom stereocenters. The van der Waals surface area contributed by atoms with Gasteiger partial charge in [-0.15, -0.1) is 0 Å². The predicted octanol–water partition coefficient (Wildman–Crippen LogP) is 6.51. The van der Waals surface area contributed by atoms with Crippen molar-refractivity contribution in [2.45, 2.75) is 89.8 Å². The molecule has 1 nitrogen and oxygen atoms in total. The normalized spacial score (nSPS) is 49.1. The smallest absolute Gasteiger partial charge is 0.383 e. The second-order valence-electron chi connectivity index (χ2n) is 10.5. The number of rotatable bonds is 1. The van der Waals surface area contributed by atoms with Crippen molar-refractivity contribution >= 4 is 0 Å².